The highest BCUT2D eigenvalue weighted by Gasteiger charge is 1.95. The molecule has 1 aromatic heterocycles. The van der Waals surface area contributed by atoms with Crippen LogP contribution in [-0.2, 0) is 13.1 Å². The second kappa shape index (κ2) is 5.54. The Morgan fingerprint density at radius 3 is 3.23 bits per heavy atom. The summed E-state index contributed by atoms with van der Waals surface area (Å²) in [6.45, 7) is 8.58. The van der Waals surface area contributed by atoms with Crippen molar-refractivity contribution in [1.29, 1.82) is 0 Å². The van der Waals surface area contributed by atoms with Gasteiger partial charge >= 0.3 is 0 Å². The second-order valence-corrected chi connectivity index (χ2v) is 3.04. The maximum Gasteiger partial charge on any atom is 0.0587 e. The topological polar surface area (TPSA) is 29.9 Å². The molecular formula is C10H17N3. The number of hydrogen-bond donors (Lipinski definition) is 1. The lowest BCUT2D eigenvalue weighted by atomic mass is 10.3. The van der Waals surface area contributed by atoms with Gasteiger partial charge in [-0.3, -0.25) is 4.68 Å². The van der Waals surface area contributed by atoms with Gasteiger partial charge in [-0.2, -0.15) is 5.10 Å². The number of nitrogens with zero attached hydrogens (tertiary/aromatic N) is 2. The maximum atomic E-state index is 4.19. The first-order valence-electron chi connectivity index (χ1n) is 4.69. The third-order valence-corrected chi connectivity index (χ3v) is 1.76. The molecule has 0 aliphatic rings. The van der Waals surface area contributed by atoms with Crippen LogP contribution < -0.4 is 5.32 Å². The summed E-state index contributed by atoms with van der Waals surface area (Å²) in [5, 5.41) is 7.52. The number of nitrogens with one attached hydrogen (secondary N) is 1. The Morgan fingerprint density at radius 2 is 2.54 bits per heavy atom. The number of allylic oxidation sites excluding steroid dienone is 1. The quantitative estimate of drug-likeness (QED) is 0.530. The van der Waals surface area contributed by atoms with Gasteiger partial charge < -0.3 is 5.32 Å². The molecule has 0 atom stereocenters. The normalized spacial score (nSPS) is 10.2. The van der Waals surface area contributed by atoms with E-state index in [0.717, 1.165) is 19.6 Å². The van der Waals surface area contributed by atoms with Gasteiger partial charge in [0.25, 0.3) is 0 Å². The number of hydrogen-bond acceptors (Lipinski definition) is 2. The third-order valence-electron chi connectivity index (χ3n) is 1.76. The molecular weight excluding hydrogens is 162 g/mol. The van der Waals surface area contributed by atoms with Crippen LogP contribution in [0.5, 0.6) is 0 Å². The van der Waals surface area contributed by atoms with Crippen molar-refractivity contribution in [3.8, 4) is 0 Å². The molecule has 0 fully saturated rings. The highest BCUT2D eigenvalue weighted by Crippen LogP contribution is 1.96. The summed E-state index contributed by atoms with van der Waals surface area (Å²) in [6.07, 6.45) is 6.95. The van der Waals surface area contributed by atoms with Crippen LogP contribution >= 0.6 is 0 Å². The third kappa shape index (κ3) is 3.42. The van der Waals surface area contributed by atoms with E-state index >= 15 is 0 Å². The smallest absolute Gasteiger partial charge is 0.0587 e. The molecule has 0 radical (unpaired) electrons. The van der Waals surface area contributed by atoms with Crippen LogP contribution in [0.15, 0.2) is 25.0 Å². The number of rotatable bonds is 6. The molecule has 1 N–H and O–H groups in total. The van der Waals surface area contributed by atoms with Gasteiger partial charge in [-0.15, -0.1) is 6.58 Å². The van der Waals surface area contributed by atoms with E-state index in [-0.39, 0.29) is 0 Å². The zero-order chi connectivity index (χ0) is 9.52. The minimum atomic E-state index is 0.785. The Labute approximate surface area is 79.5 Å². The van der Waals surface area contributed by atoms with Crippen LogP contribution in [-0.4, -0.2) is 16.3 Å². The fraction of sp³-hybridized carbons (Fsp3) is 0.500. The highest BCUT2D eigenvalue weighted by molar-refractivity contribution is 5.03. The van der Waals surface area contributed by atoms with Crippen molar-refractivity contribution >= 4 is 0 Å². The SMILES string of the molecule is C=CCn1cc(CNCCC)cn1. The van der Waals surface area contributed by atoms with Gasteiger partial charge in [0.05, 0.1) is 12.7 Å². The summed E-state index contributed by atoms with van der Waals surface area (Å²) in [5.41, 5.74) is 1.23. The summed E-state index contributed by atoms with van der Waals surface area (Å²) in [7, 11) is 0. The Kier molecular flexibility index (Phi) is 4.26. The first-order chi connectivity index (χ1) is 6.36. The van der Waals surface area contributed by atoms with Gasteiger partial charge in [0.15, 0.2) is 0 Å². The van der Waals surface area contributed by atoms with Gasteiger partial charge in [-0.1, -0.05) is 13.0 Å². The molecule has 13 heavy (non-hydrogen) atoms. The predicted molar refractivity (Wildman–Crippen MR) is 54.4 cm³/mol. The van der Waals surface area contributed by atoms with Crippen LogP contribution in [0, 0.1) is 0 Å². The van der Waals surface area contributed by atoms with Gasteiger partial charge in [0, 0.05) is 18.3 Å². The van der Waals surface area contributed by atoms with Crippen molar-refractivity contribution in [2.75, 3.05) is 6.54 Å². The maximum absolute atomic E-state index is 4.19. The molecule has 3 heteroatoms. The first-order valence-corrected chi connectivity index (χ1v) is 4.69. The van der Waals surface area contributed by atoms with Crippen molar-refractivity contribution in [2.24, 2.45) is 0 Å². The van der Waals surface area contributed by atoms with Crippen LogP contribution in [0.25, 0.3) is 0 Å². The van der Waals surface area contributed by atoms with Crippen molar-refractivity contribution in [3.05, 3.63) is 30.6 Å². The molecule has 0 aliphatic carbocycles. The van der Waals surface area contributed by atoms with Crippen LogP contribution in [0.3, 0.4) is 0 Å². The zero-order valence-electron chi connectivity index (χ0n) is 8.16. The average Bonchev–Trinajstić information content (AvgIpc) is 2.54. The summed E-state index contributed by atoms with van der Waals surface area (Å²) < 4.78 is 1.88. The van der Waals surface area contributed by atoms with Crippen LogP contribution in [0.4, 0.5) is 0 Å². The Balaban J connectivity index is 2.35. The van der Waals surface area contributed by atoms with E-state index in [1.165, 1.54) is 12.0 Å². The van der Waals surface area contributed by atoms with Gasteiger partial charge in [0.2, 0.25) is 0 Å². The van der Waals surface area contributed by atoms with E-state index in [1.54, 1.807) is 0 Å². The van der Waals surface area contributed by atoms with Crippen molar-refractivity contribution in [2.45, 2.75) is 26.4 Å². The first kappa shape index (κ1) is 9.99. The largest absolute Gasteiger partial charge is 0.313 e. The van der Waals surface area contributed by atoms with E-state index in [0.29, 0.717) is 0 Å². The summed E-state index contributed by atoms with van der Waals surface area (Å²) in [5.74, 6) is 0. The van der Waals surface area contributed by atoms with Gasteiger partial charge in [-0.25, -0.2) is 0 Å². The molecule has 0 aromatic carbocycles. The monoisotopic (exact) mass is 179 g/mol. The summed E-state index contributed by atoms with van der Waals surface area (Å²) in [4.78, 5) is 0. The van der Waals surface area contributed by atoms with Gasteiger partial charge in [0.1, 0.15) is 0 Å². The standard InChI is InChI=1S/C10H17N3/c1-3-5-11-7-10-8-12-13(9-10)6-4-2/h4,8-9,11H,2-3,5-7H2,1H3. The Morgan fingerprint density at radius 1 is 1.69 bits per heavy atom. The Bertz CT molecular complexity index is 252. The zero-order valence-corrected chi connectivity index (χ0v) is 8.16. The molecule has 0 bridgehead atoms. The second-order valence-electron chi connectivity index (χ2n) is 3.04. The summed E-state index contributed by atoms with van der Waals surface area (Å²) >= 11 is 0. The minimum Gasteiger partial charge on any atom is -0.313 e. The van der Waals surface area contributed by atoms with E-state index in [2.05, 4.69) is 23.9 Å². The summed E-state index contributed by atoms with van der Waals surface area (Å²) in [6, 6.07) is 0. The lowest BCUT2D eigenvalue weighted by Crippen LogP contribution is -2.13. The average molecular weight is 179 g/mol. The molecule has 1 rings (SSSR count). The minimum absolute atomic E-state index is 0.785. The fourth-order valence-corrected chi connectivity index (χ4v) is 1.14. The molecule has 0 unspecified atom stereocenters. The molecule has 0 spiro atoms. The van der Waals surface area contributed by atoms with E-state index in [1.807, 2.05) is 23.2 Å². The van der Waals surface area contributed by atoms with E-state index in [4.69, 9.17) is 0 Å². The van der Waals surface area contributed by atoms with E-state index < -0.39 is 0 Å². The molecule has 72 valence electrons. The molecule has 1 aromatic rings. The van der Waals surface area contributed by atoms with Gasteiger partial charge in [-0.05, 0) is 13.0 Å². The lowest BCUT2D eigenvalue weighted by molar-refractivity contribution is 0.671. The molecule has 3 nitrogen and oxygen atoms in total. The van der Waals surface area contributed by atoms with Crippen molar-refractivity contribution < 1.29 is 0 Å². The molecule has 0 saturated carbocycles. The highest BCUT2D eigenvalue weighted by atomic mass is 15.3. The van der Waals surface area contributed by atoms with Crippen molar-refractivity contribution in [3.63, 3.8) is 0 Å². The fourth-order valence-electron chi connectivity index (χ4n) is 1.14. The van der Waals surface area contributed by atoms with Crippen LogP contribution in [0.1, 0.15) is 18.9 Å². The van der Waals surface area contributed by atoms with Crippen LogP contribution in [0.2, 0.25) is 0 Å². The molecule has 0 saturated heterocycles. The van der Waals surface area contributed by atoms with Crippen molar-refractivity contribution in [1.82, 2.24) is 15.1 Å². The lowest BCUT2D eigenvalue weighted by Gasteiger charge is -1.98. The Hall–Kier alpha value is -1.09. The molecule has 1 heterocycles. The molecule has 0 aliphatic heterocycles. The number of aromatic nitrogens is 2. The predicted octanol–water partition coefficient (Wildman–Crippen LogP) is 1.57. The molecule has 0 amide bonds. The van der Waals surface area contributed by atoms with E-state index in [9.17, 15) is 0 Å².